The molecule has 1 saturated heterocycles. The van der Waals surface area contributed by atoms with Crippen molar-refractivity contribution in [3.63, 3.8) is 0 Å². The molecular formula is C11H15FN2O. The Bertz CT molecular complexity index is 358. The quantitative estimate of drug-likeness (QED) is 0.760. The number of ether oxygens (including phenoxy) is 1. The Hall–Kier alpha value is -1.16. The first-order valence-electron chi connectivity index (χ1n) is 5.12. The van der Waals surface area contributed by atoms with Gasteiger partial charge in [0.2, 0.25) is 5.95 Å². The third-order valence-electron chi connectivity index (χ3n) is 3.02. The largest absolute Gasteiger partial charge is 0.376 e. The first-order valence-corrected chi connectivity index (χ1v) is 5.12. The number of hydrogen-bond donors (Lipinski definition) is 1. The summed E-state index contributed by atoms with van der Waals surface area (Å²) in [6.45, 7) is 4.82. The van der Waals surface area contributed by atoms with Crippen LogP contribution in [0.1, 0.15) is 20.3 Å². The van der Waals surface area contributed by atoms with Crippen LogP contribution < -0.4 is 5.32 Å². The van der Waals surface area contributed by atoms with Crippen LogP contribution in [0, 0.1) is 5.95 Å². The van der Waals surface area contributed by atoms with E-state index in [1.807, 2.05) is 6.92 Å². The minimum Gasteiger partial charge on any atom is -0.376 e. The lowest BCUT2D eigenvalue weighted by atomic mass is 9.95. The van der Waals surface area contributed by atoms with Gasteiger partial charge < -0.3 is 10.1 Å². The fourth-order valence-corrected chi connectivity index (χ4v) is 1.77. The number of halogens is 1. The highest BCUT2D eigenvalue weighted by molar-refractivity contribution is 5.38. The van der Waals surface area contributed by atoms with Gasteiger partial charge in [-0.15, -0.1) is 0 Å². The van der Waals surface area contributed by atoms with Crippen molar-refractivity contribution in [3.05, 3.63) is 24.1 Å². The lowest BCUT2D eigenvalue weighted by Gasteiger charge is -2.29. The van der Waals surface area contributed by atoms with Crippen molar-refractivity contribution in [3.8, 4) is 0 Å². The van der Waals surface area contributed by atoms with E-state index < -0.39 is 5.95 Å². The molecule has 1 fully saturated rings. The van der Waals surface area contributed by atoms with Crippen LogP contribution in [0.25, 0.3) is 0 Å². The zero-order chi connectivity index (χ0) is 10.9. The van der Waals surface area contributed by atoms with Crippen LogP contribution >= 0.6 is 0 Å². The zero-order valence-electron chi connectivity index (χ0n) is 8.96. The summed E-state index contributed by atoms with van der Waals surface area (Å²) in [6.07, 6.45) is 1.02. The van der Waals surface area contributed by atoms with E-state index >= 15 is 0 Å². The van der Waals surface area contributed by atoms with Gasteiger partial charge in [0, 0.05) is 6.61 Å². The molecule has 82 valence electrons. The van der Waals surface area contributed by atoms with Crippen LogP contribution in [-0.4, -0.2) is 23.2 Å². The molecule has 2 unspecified atom stereocenters. The number of pyridine rings is 1. The van der Waals surface area contributed by atoms with Crippen molar-refractivity contribution in [2.75, 3.05) is 11.9 Å². The molecule has 2 rings (SSSR count). The van der Waals surface area contributed by atoms with Crippen LogP contribution in [0.3, 0.4) is 0 Å². The first-order chi connectivity index (χ1) is 7.10. The molecule has 1 aromatic heterocycles. The SMILES string of the molecule is CC1OCCC1(C)Nc1cccc(F)n1. The maximum Gasteiger partial charge on any atom is 0.214 e. The summed E-state index contributed by atoms with van der Waals surface area (Å²) in [5.41, 5.74) is -0.152. The van der Waals surface area contributed by atoms with E-state index in [9.17, 15) is 4.39 Å². The maximum absolute atomic E-state index is 12.9. The second kappa shape index (κ2) is 3.77. The topological polar surface area (TPSA) is 34.1 Å². The minimum absolute atomic E-state index is 0.113. The van der Waals surface area contributed by atoms with Crippen molar-refractivity contribution in [1.82, 2.24) is 4.98 Å². The van der Waals surface area contributed by atoms with E-state index in [-0.39, 0.29) is 11.6 Å². The van der Waals surface area contributed by atoms with Crippen molar-refractivity contribution < 1.29 is 9.13 Å². The van der Waals surface area contributed by atoms with Gasteiger partial charge in [-0.2, -0.15) is 4.39 Å². The Labute approximate surface area is 88.7 Å². The van der Waals surface area contributed by atoms with Gasteiger partial charge in [-0.1, -0.05) is 6.07 Å². The molecule has 4 heteroatoms. The van der Waals surface area contributed by atoms with E-state index in [0.29, 0.717) is 5.82 Å². The lowest BCUT2D eigenvalue weighted by molar-refractivity contribution is 0.105. The van der Waals surface area contributed by atoms with Gasteiger partial charge in [0.1, 0.15) is 5.82 Å². The number of aromatic nitrogens is 1. The number of anilines is 1. The number of hydrogen-bond acceptors (Lipinski definition) is 3. The molecule has 2 heterocycles. The molecule has 0 aliphatic carbocycles. The predicted octanol–water partition coefficient (Wildman–Crippen LogP) is 2.20. The zero-order valence-corrected chi connectivity index (χ0v) is 8.96. The van der Waals surface area contributed by atoms with Crippen molar-refractivity contribution in [1.29, 1.82) is 0 Å². The van der Waals surface area contributed by atoms with E-state index in [1.54, 1.807) is 12.1 Å². The molecule has 1 aliphatic rings. The summed E-state index contributed by atoms with van der Waals surface area (Å²) in [5, 5.41) is 3.23. The van der Waals surface area contributed by atoms with Gasteiger partial charge in [0.05, 0.1) is 11.6 Å². The Kier molecular flexibility index (Phi) is 2.61. The molecule has 0 aromatic carbocycles. The van der Waals surface area contributed by atoms with Crippen molar-refractivity contribution >= 4 is 5.82 Å². The summed E-state index contributed by atoms with van der Waals surface area (Å²) in [5.74, 6) is 0.102. The second-order valence-electron chi connectivity index (χ2n) is 4.15. The fraction of sp³-hybridized carbons (Fsp3) is 0.545. The van der Waals surface area contributed by atoms with Crippen molar-refractivity contribution in [2.24, 2.45) is 0 Å². The molecule has 0 radical (unpaired) electrons. The molecule has 15 heavy (non-hydrogen) atoms. The van der Waals surface area contributed by atoms with E-state index in [4.69, 9.17) is 4.74 Å². The molecule has 1 N–H and O–H groups in total. The maximum atomic E-state index is 12.9. The van der Waals surface area contributed by atoms with Gasteiger partial charge in [0.25, 0.3) is 0 Å². The number of nitrogens with one attached hydrogen (secondary N) is 1. The first kappa shape index (κ1) is 10.4. The summed E-state index contributed by atoms with van der Waals surface area (Å²) < 4.78 is 18.4. The van der Waals surface area contributed by atoms with Gasteiger partial charge in [-0.05, 0) is 32.4 Å². The predicted molar refractivity (Wildman–Crippen MR) is 56.3 cm³/mol. The van der Waals surface area contributed by atoms with E-state index in [2.05, 4.69) is 17.2 Å². The molecule has 2 atom stereocenters. The number of rotatable bonds is 2. The summed E-state index contributed by atoms with van der Waals surface area (Å²) in [6, 6.07) is 4.75. The van der Waals surface area contributed by atoms with Gasteiger partial charge >= 0.3 is 0 Å². The van der Waals surface area contributed by atoms with E-state index in [1.165, 1.54) is 6.07 Å². The van der Waals surface area contributed by atoms with Crippen LogP contribution in [0.5, 0.6) is 0 Å². The average Bonchev–Trinajstić information content (AvgIpc) is 2.47. The summed E-state index contributed by atoms with van der Waals surface area (Å²) >= 11 is 0. The molecule has 0 spiro atoms. The highest BCUT2D eigenvalue weighted by atomic mass is 19.1. The van der Waals surface area contributed by atoms with Gasteiger partial charge in [-0.25, -0.2) is 4.98 Å². The molecule has 1 aliphatic heterocycles. The Morgan fingerprint density at radius 2 is 2.40 bits per heavy atom. The standard InChI is InChI=1S/C11H15FN2O/c1-8-11(2,6-7-15-8)14-10-5-3-4-9(12)13-10/h3-5,8H,6-7H2,1-2H3,(H,13,14). The van der Waals surface area contributed by atoms with Crippen LogP contribution in [0.4, 0.5) is 10.2 Å². The molecule has 0 saturated carbocycles. The molecule has 3 nitrogen and oxygen atoms in total. The van der Waals surface area contributed by atoms with E-state index in [0.717, 1.165) is 13.0 Å². The molecule has 0 bridgehead atoms. The minimum atomic E-state index is -0.463. The Balaban J connectivity index is 2.14. The third kappa shape index (κ3) is 2.09. The Morgan fingerprint density at radius 1 is 1.60 bits per heavy atom. The normalized spacial score (nSPS) is 30.5. The summed E-state index contributed by atoms with van der Waals surface area (Å²) in [4.78, 5) is 3.78. The average molecular weight is 210 g/mol. The molecular weight excluding hydrogens is 195 g/mol. The Morgan fingerprint density at radius 3 is 3.00 bits per heavy atom. The van der Waals surface area contributed by atoms with Gasteiger partial charge in [-0.3, -0.25) is 0 Å². The fourth-order valence-electron chi connectivity index (χ4n) is 1.77. The van der Waals surface area contributed by atoms with Crippen LogP contribution in [0.2, 0.25) is 0 Å². The second-order valence-corrected chi connectivity index (χ2v) is 4.15. The third-order valence-corrected chi connectivity index (χ3v) is 3.02. The molecule has 0 amide bonds. The van der Waals surface area contributed by atoms with Crippen LogP contribution in [-0.2, 0) is 4.74 Å². The van der Waals surface area contributed by atoms with Crippen LogP contribution in [0.15, 0.2) is 18.2 Å². The lowest BCUT2D eigenvalue weighted by Crippen LogP contribution is -2.41. The smallest absolute Gasteiger partial charge is 0.214 e. The number of nitrogens with zero attached hydrogens (tertiary/aromatic N) is 1. The highest BCUT2D eigenvalue weighted by Crippen LogP contribution is 2.28. The molecule has 1 aromatic rings. The highest BCUT2D eigenvalue weighted by Gasteiger charge is 2.37. The summed E-state index contributed by atoms with van der Waals surface area (Å²) in [7, 11) is 0. The monoisotopic (exact) mass is 210 g/mol. The van der Waals surface area contributed by atoms with Gasteiger partial charge in [0.15, 0.2) is 0 Å². The van der Waals surface area contributed by atoms with Crippen molar-refractivity contribution in [2.45, 2.75) is 31.9 Å².